The van der Waals surface area contributed by atoms with Crippen LogP contribution in [0.2, 0.25) is 0 Å². The van der Waals surface area contributed by atoms with Gasteiger partial charge in [0.05, 0.1) is 6.61 Å². The molecular formula is C16H14FN5O4S. The highest BCUT2D eigenvalue weighted by Gasteiger charge is 2.20. The van der Waals surface area contributed by atoms with Crippen molar-refractivity contribution in [2.24, 2.45) is 0 Å². The predicted molar refractivity (Wildman–Crippen MR) is 92.5 cm³/mol. The van der Waals surface area contributed by atoms with Crippen molar-refractivity contribution >= 4 is 28.4 Å². The van der Waals surface area contributed by atoms with Gasteiger partial charge in [-0.1, -0.05) is 9.64 Å². The fourth-order valence-electron chi connectivity index (χ4n) is 2.09. The molecular weight excluding hydrogens is 377 g/mol. The molecule has 0 radical (unpaired) electrons. The third-order valence-electron chi connectivity index (χ3n) is 3.35. The molecule has 0 bridgehead atoms. The lowest BCUT2D eigenvalue weighted by atomic mass is 10.2. The molecule has 0 aliphatic heterocycles. The highest BCUT2D eigenvalue weighted by atomic mass is 32.1. The van der Waals surface area contributed by atoms with Crippen molar-refractivity contribution in [2.75, 3.05) is 11.9 Å². The van der Waals surface area contributed by atoms with E-state index < -0.39 is 5.97 Å². The summed E-state index contributed by atoms with van der Waals surface area (Å²) in [5.41, 5.74) is 0.567. The normalized spacial score (nSPS) is 10.6. The third-order valence-corrected chi connectivity index (χ3v) is 3.99. The van der Waals surface area contributed by atoms with Gasteiger partial charge in [0.15, 0.2) is 5.00 Å². The number of amides is 1. The van der Waals surface area contributed by atoms with Crippen LogP contribution in [0.5, 0.6) is 0 Å². The highest BCUT2D eigenvalue weighted by Crippen LogP contribution is 2.20. The van der Waals surface area contributed by atoms with E-state index in [4.69, 9.17) is 9.26 Å². The number of hydrogen-bond donors (Lipinski definition) is 1. The average molecular weight is 391 g/mol. The highest BCUT2D eigenvalue weighted by molar-refractivity contribution is 7.10. The molecule has 0 aliphatic rings. The number of rotatable bonds is 7. The monoisotopic (exact) mass is 391 g/mol. The first kappa shape index (κ1) is 18.6. The fourth-order valence-corrected chi connectivity index (χ4v) is 2.66. The summed E-state index contributed by atoms with van der Waals surface area (Å²) in [4.78, 5) is 28.0. The maximum absolute atomic E-state index is 12.9. The summed E-state index contributed by atoms with van der Waals surface area (Å²) in [7, 11) is 0. The molecule has 9 nitrogen and oxygen atoms in total. The maximum Gasteiger partial charge on any atom is 0.362 e. The number of aromatic nitrogens is 4. The minimum Gasteiger partial charge on any atom is -0.461 e. The first-order valence-electron chi connectivity index (χ1n) is 7.94. The number of benzene rings is 1. The Labute approximate surface area is 156 Å². The molecule has 0 fully saturated rings. The minimum atomic E-state index is -0.651. The number of carbonyl (C=O) groups is 2. The fraction of sp³-hybridized carbons (Fsp3) is 0.250. The van der Waals surface area contributed by atoms with Crippen LogP contribution in [0.3, 0.4) is 0 Å². The van der Waals surface area contributed by atoms with Gasteiger partial charge in [-0.3, -0.25) is 4.79 Å². The van der Waals surface area contributed by atoms with Crippen LogP contribution in [0, 0.1) is 5.82 Å². The first-order chi connectivity index (χ1) is 13.1. The summed E-state index contributed by atoms with van der Waals surface area (Å²) in [5.74, 6) is -0.811. The zero-order chi connectivity index (χ0) is 19.2. The van der Waals surface area contributed by atoms with Gasteiger partial charge in [0.2, 0.25) is 23.3 Å². The summed E-state index contributed by atoms with van der Waals surface area (Å²) >= 11 is 0.880. The van der Waals surface area contributed by atoms with Crippen LogP contribution in [-0.4, -0.2) is 38.2 Å². The quantitative estimate of drug-likeness (QED) is 0.610. The van der Waals surface area contributed by atoms with Crippen LogP contribution in [0.15, 0.2) is 28.8 Å². The van der Waals surface area contributed by atoms with Crippen molar-refractivity contribution in [3.05, 3.63) is 41.7 Å². The molecule has 1 N–H and O–H groups in total. The number of esters is 1. The van der Waals surface area contributed by atoms with Gasteiger partial charge >= 0.3 is 5.97 Å². The molecule has 2 aromatic heterocycles. The van der Waals surface area contributed by atoms with Gasteiger partial charge in [0, 0.05) is 29.9 Å². The first-order valence-corrected chi connectivity index (χ1v) is 8.72. The maximum atomic E-state index is 12.9. The zero-order valence-electron chi connectivity index (χ0n) is 14.1. The zero-order valence-corrected chi connectivity index (χ0v) is 15.0. The molecule has 1 amide bonds. The molecule has 0 unspecified atom stereocenters. The lowest BCUT2D eigenvalue weighted by molar-refractivity contribution is -0.116. The number of nitrogens with one attached hydrogen (secondary N) is 1. The molecule has 0 saturated carbocycles. The molecule has 3 aromatic rings. The summed E-state index contributed by atoms with van der Waals surface area (Å²) in [6, 6.07) is 5.65. The largest absolute Gasteiger partial charge is 0.461 e. The molecule has 1 aromatic carbocycles. The topological polar surface area (TPSA) is 120 Å². The number of anilines is 1. The summed E-state index contributed by atoms with van der Waals surface area (Å²) < 4.78 is 26.5. The Morgan fingerprint density at radius 3 is 2.81 bits per heavy atom. The summed E-state index contributed by atoms with van der Waals surface area (Å²) in [5, 5.41) is 10.3. The molecule has 0 aliphatic carbocycles. The number of nitrogens with zero attached hydrogens (tertiary/aromatic N) is 4. The number of hydrogen-bond acceptors (Lipinski definition) is 9. The minimum absolute atomic E-state index is 0.0356. The molecule has 2 heterocycles. The van der Waals surface area contributed by atoms with Gasteiger partial charge in [-0.15, -0.1) is 5.10 Å². The van der Waals surface area contributed by atoms with Crippen molar-refractivity contribution in [2.45, 2.75) is 19.8 Å². The Hall–Kier alpha value is -3.21. The summed E-state index contributed by atoms with van der Waals surface area (Å²) in [6.07, 6.45) is 0.242. The van der Waals surface area contributed by atoms with E-state index in [9.17, 15) is 14.0 Å². The Balaban J connectivity index is 1.57. The van der Waals surface area contributed by atoms with Crippen molar-refractivity contribution in [1.29, 1.82) is 0 Å². The molecule has 0 saturated heterocycles. The second-order valence-electron chi connectivity index (χ2n) is 5.24. The Bertz CT molecular complexity index is 940. The number of ether oxygens (including phenoxy) is 1. The lowest BCUT2D eigenvalue weighted by Crippen LogP contribution is -2.15. The van der Waals surface area contributed by atoms with Gasteiger partial charge in [0.1, 0.15) is 5.82 Å². The van der Waals surface area contributed by atoms with Gasteiger partial charge in [0.25, 0.3) is 0 Å². The van der Waals surface area contributed by atoms with Crippen LogP contribution in [-0.2, 0) is 16.0 Å². The van der Waals surface area contributed by atoms with Gasteiger partial charge in [-0.2, -0.15) is 4.98 Å². The van der Waals surface area contributed by atoms with Gasteiger partial charge < -0.3 is 14.6 Å². The van der Waals surface area contributed by atoms with Crippen molar-refractivity contribution < 1.29 is 23.2 Å². The third kappa shape index (κ3) is 4.70. The number of carbonyl (C=O) groups excluding carboxylic acids is 2. The Morgan fingerprint density at radius 2 is 2.07 bits per heavy atom. The summed E-state index contributed by atoms with van der Waals surface area (Å²) in [6.45, 7) is 1.86. The molecule has 11 heteroatoms. The lowest BCUT2D eigenvalue weighted by Gasteiger charge is -2.03. The second-order valence-corrected chi connectivity index (χ2v) is 5.99. The average Bonchev–Trinajstić information content (AvgIpc) is 3.30. The van der Waals surface area contributed by atoms with E-state index in [2.05, 4.69) is 25.0 Å². The molecule has 0 spiro atoms. The molecule has 27 heavy (non-hydrogen) atoms. The van der Waals surface area contributed by atoms with E-state index in [1.807, 2.05) is 0 Å². The number of halogens is 1. The van der Waals surface area contributed by atoms with E-state index in [0.717, 1.165) is 11.5 Å². The van der Waals surface area contributed by atoms with Crippen molar-refractivity contribution in [1.82, 2.24) is 19.7 Å². The molecule has 140 valence electrons. The van der Waals surface area contributed by atoms with E-state index in [1.165, 1.54) is 24.3 Å². The standard InChI is InChI=1S/C16H14FN5O4S/c1-2-25-16(24)13-15(27-22-20-13)18-11(23)7-8-12-19-14(21-26-12)9-3-5-10(17)6-4-9/h3-6H,2,7-8H2,1H3,(H,18,23). The van der Waals surface area contributed by atoms with Gasteiger partial charge in [-0.25, -0.2) is 9.18 Å². The van der Waals surface area contributed by atoms with Gasteiger partial charge in [-0.05, 0) is 31.2 Å². The van der Waals surface area contributed by atoms with Crippen LogP contribution in [0.4, 0.5) is 9.39 Å². The van der Waals surface area contributed by atoms with E-state index in [-0.39, 0.29) is 47.8 Å². The van der Waals surface area contributed by atoms with Crippen LogP contribution in [0.25, 0.3) is 11.4 Å². The van der Waals surface area contributed by atoms with Crippen LogP contribution in [0.1, 0.15) is 29.7 Å². The van der Waals surface area contributed by atoms with Crippen LogP contribution >= 0.6 is 11.5 Å². The smallest absolute Gasteiger partial charge is 0.362 e. The van der Waals surface area contributed by atoms with E-state index in [1.54, 1.807) is 6.92 Å². The van der Waals surface area contributed by atoms with Crippen LogP contribution < -0.4 is 5.32 Å². The predicted octanol–water partition coefficient (Wildman–Crippen LogP) is 2.48. The second kappa shape index (κ2) is 8.45. The van der Waals surface area contributed by atoms with E-state index >= 15 is 0 Å². The molecule has 0 atom stereocenters. The number of aryl methyl sites for hydroxylation is 1. The Morgan fingerprint density at radius 1 is 1.30 bits per heavy atom. The van der Waals surface area contributed by atoms with Crippen molar-refractivity contribution in [3.8, 4) is 11.4 Å². The molecule has 3 rings (SSSR count). The SMILES string of the molecule is CCOC(=O)c1nnsc1NC(=O)CCc1nc(-c2ccc(F)cc2)no1. The van der Waals surface area contributed by atoms with Crippen molar-refractivity contribution in [3.63, 3.8) is 0 Å². The Kier molecular flexibility index (Phi) is 5.81. The van der Waals surface area contributed by atoms with E-state index in [0.29, 0.717) is 11.4 Å².